The van der Waals surface area contributed by atoms with Gasteiger partial charge >= 0.3 is 0 Å². The maximum Gasteiger partial charge on any atom is 0.256 e. The quantitative estimate of drug-likeness (QED) is 0.360. The van der Waals surface area contributed by atoms with Crippen LogP contribution < -0.4 is 15.4 Å². The van der Waals surface area contributed by atoms with Gasteiger partial charge in [0.25, 0.3) is 5.91 Å². The number of hydrogen-bond acceptors (Lipinski definition) is 7. The molecule has 1 atom stereocenters. The van der Waals surface area contributed by atoms with Gasteiger partial charge in [-0.15, -0.1) is 5.10 Å². The van der Waals surface area contributed by atoms with Gasteiger partial charge in [-0.05, 0) is 36.8 Å². The number of carbonyl (C=O) groups excluding carboxylic acids is 1. The van der Waals surface area contributed by atoms with E-state index in [0.29, 0.717) is 39.5 Å². The lowest BCUT2D eigenvalue weighted by molar-refractivity contribution is -0.113. The summed E-state index contributed by atoms with van der Waals surface area (Å²) in [5, 5.41) is 11.6. The monoisotopic (exact) mass is 484 g/mol. The Labute approximate surface area is 207 Å². The molecular weight excluding hydrogens is 460 g/mol. The molecule has 0 saturated carbocycles. The highest BCUT2D eigenvalue weighted by atomic mass is 32.2. The third kappa shape index (κ3) is 4.76. The van der Waals surface area contributed by atoms with Gasteiger partial charge in [-0.25, -0.2) is 4.68 Å². The van der Waals surface area contributed by atoms with E-state index < -0.39 is 6.04 Å². The molecule has 0 aliphatic carbocycles. The molecule has 2 N–H and O–H groups in total. The van der Waals surface area contributed by atoms with Crippen LogP contribution in [0.3, 0.4) is 0 Å². The predicted molar refractivity (Wildman–Crippen MR) is 136 cm³/mol. The lowest BCUT2D eigenvalue weighted by Crippen LogP contribution is -2.32. The largest absolute Gasteiger partial charge is 0.495 e. The van der Waals surface area contributed by atoms with Crippen molar-refractivity contribution in [2.45, 2.75) is 23.9 Å². The second-order valence-electron chi connectivity index (χ2n) is 7.91. The first-order valence-electron chi connectivity index (χ1n) is 11.1. The first-order valence-corrected chi connectivity index (χ1v) is 12.1. The van der Waals surface area contributed by atoms with E-state index in [1.54, 1.807) is 41.9 Å². The Hall–Kier alpha value is -4.11. The van der Waals surface area contributed by atoms with Gasteiger partial charge in [-0.1, -0.05) is 60.3 Å². The summed E-state index contributed by atoms with van der Waals surface area (Å²) in [6.07, 6.45) is 1.71. The summed E-state index contributed by atoms with van der Waals surface area (Å²) >= 11 is 1.54. The number of para-hydroxylation sites is 2. The number of anilines is 2. The minimum atomic E-state index is -0.541. The molecule has 4 aromatic rings. The molecule has 35 heavy (non-hydrogen) atoms. The first kappa shape index (κ1) is 22.7. The van der Waals surface area contributed by atoms with Crippen LogP contribution in [0.1, 0.15) is 24.2 Å². The zero-order valence-electron chi connectivity index (χ0n) is 19.3. The average molecular weight is 485 g/mol. The number of carbonyl (C=O) groups is 1. The maximum absolute atomic E-state index is 13.6. The van der Waals surface area contributed by atoms with Crippen LogP contribution in [0, 0.1) is 0 Å². The molecule has 0 saturated heterocycles. The predicted octanol–water partition coefficient (Wildman–Crippen LogP) is 4.90. The molecular formula is C26H24N6O2S. The van der Waals surface area contributed by atoms with E-state index in [2.05, 4.69) is 32.7 Å². The van der Waals surface area contributed by atoms with Crippen LogP contribution >= 0.6 is 11.8 Å². The first-order chi connectivity index (χ1) is 17.1. The molecule has 1 aliphatic heterocycles. The van der Waals surface area contributed by atoms with Crippen LogP contribution in [0.25, 0.3) is 0 Å². The number of benzene rings is 2. The van der Waals surface area contributed by atoms with Gasteiger partial charge in [0.2, 0.25) is 11.1 Å². The van der Waals surface area contributed by atoms with Crippen LogP contribution in [-0.4, -0.2) is 32.8 Å². The summed E-state index contributed by atoms with van der Waals surface area (Å²) < 4.78 is 7.14. The molecule has 9 heteroatoms. The lowest BCUT2D eigenvalue weighted by atomic mass is 9.98. The highest BCUT2D eigenvalue weighted by Gasteiger charge is 2.35. The number of nitrogens with zero attached hydrogens (tertiary/aromatic N) is 4. The number of nitrogens with one attached hydrogen (secondary N) is 2. The van der Waals surface area contributed by atoms with Crippen molar-refractivity contribution in [3.8, 4) is 5.75 Å². The van der Waals surface area contributed by atoms with Crippen LogP contribution in [0.5, 0.6) is 5.75 Å². The molecule has 0 spiro atoms. The van der Waals surface area contributed by atoms with Crippen LogP contribution in [-0.2, 0) is 10.5 Å². The Morgan fingerprint density at radius 2 is 1.86 bits per heavy atom. The van der Waals surface area contributed by atoms with Crippen molar-refractivity contribution in [3.63, 3.8) is 0 Å². The van der Waals surface area contributed by atoms with Crippen molar-refractivity contribution in [1.29, 1.82) is 0 Å². The standard InChI is InChI=1S/C26H24N6O2S/c1-17-22(24(33)29-19-12-6-7-14-21(19)34-2)23(20-13-8-9-15-27-20)32-25(28-17)30-26(31-32)35-16-18-10-4-3-5-11-18/h3-15,23H,16H2,1-2H3,(H,29,33)(H,28,30,31)/t23-/m1/s1. The van der Waals surface area contributed by atoms with E-state index >= 15 is 0 Å². The average Bonchev–Trinajstić information content (AvgIpc) is 3.30. The highest BCUT2D eigenvalue weighted by molar-refractivity contribution is 7.98. The Bertz CT molecular complexity index is 1370. The summed E-state index contributed by atoms with van der Waals surface area (Å²) in [6.45, 7) is 1.86. The summed E-state index contributed by atoms with van der Waals surface area (Å²) in [4.78, 5) is 22.8. The number of amides is 1. The Morgan fingerprint density at radius 1 is 1.09 bits per heavy atom. The number of fused-ring (bicyclic) bond motifs is 1. The Morgan fingerprint density at radius 3 is 2.63 bits per heavy atom. The molecule has 2 aromatic heterocycles. The number of rotatable bonds is 7. The van der Waals surface area contributed by atoms with Crippen molar-refractivity contribution in [1.82, 2.24) is 19.7 Å². The Kier molecular flexibility index (Phi) is 6.49. The molecule has 5 rings (SSSR count). The van der Waals surface area contributed by atoms with Crippen LogP contribution in [0.15, 0.2) is 95.4 Å². The zero-order valence-corrected chi connectivity index (χ0v) is 20.1. The second-order valence-corrected chi connectivity index (χ2v) is 8.85. The third-order valence-corrected chi connectivity index (χ3v) is 6.52. The lowest BCUT2D eigenvalue weighted by Gasteiger charge is -2.28. The summed E-state index contributed by atoms with van der Waals surface area (Å²) in [7, 11) is 1.57. The van der Waals surface area contributed by atoms with Crippen molar-refractivity contribution < 1.29 is 9.53 Å². The van der Waals surface area contributed by atoms with Crippen molar-refractivity contribution in [3.05, 3.63) is 102 Å². The van der Waals surface area contributed by atoms with Gasteiger partial charge in [-0.3, -0.25) is 9.78 Å². The van der Waals surface area contributed by atoms with Gasteiger partial charge in [0.05, 0.1) is 24.1 Å². The summed E-state index contributed by atoms with van der Waals surface area (Å²) in [5.41, 5.74) is 3.66. The molecule has 1 aliphatic rings. The second kappa shape index (κ2) is 10.0. The minimum absolute atomic E-state index is 0.269. The van der Waals surface area contributed by atoms with Crippen molar-refractivity contribution >= 4 is 29.3 Å². The van der Waals surface area contributed by atoms with E-state index in [1.165, 1.54) is 5.56 Å². The third-order valence-electron chi connectivity index (χ3n) is 5.61. The molecule has 2 aromatic carbocycles. The van der Waals surface area contributed by atoms with E-state index in [-0.39, 0.29) is 5.91 Å². The fourth-order valence-electron chi connectivity index (χ4n) is 3.96. The molecule has 1 amide bonds. The SMILES string of the molecule is COc1ccccc1NC(=O)C1=C(C)Nc2nc(SCc3ccccc3)nn2[C@@H]1c1ccccn1. The van der Waals surface area contributed by atoms with Crippen LogP contribution in [0.4, 0.5) is 11.6 Å². The minimum Gasteiger partial charge on any atom is -0.495 e. The molecule has 8 nitrogen and oxygen atoms in total. The van der Waals surface area contributed by atoms with E-state index in [1.807, 2.05) is 55.5 Å². The highest BCUT2D eigenvalue weighted by Crippen LogP contribution is 2.36. The van der Waals surface area contributed by atoms with E-state index in [9.17, 15) is 4.79 Å². The normalized spacial score (nSPS) is 14.7. The van der Waals surface area contributed by atoms with Gasteiger partial charge in [0.1, 0.15) is 11.8 Å². The number of pyridine rings is 1. The molecule has 0 radical (unpaired) electrons. The van der Waals surface area contributed by atoms with Gasteiger partial charge < -0.3 is 15.4 Å². The number of allylic oxidation sites excluding steroid dienone is 1. The van der Waals surface area contributed by atoms with Gasteiger partial charge in [0.15, 0.2) is 0 Å². The zero-order chi connectivity index (χ0) is 24.2. The molecule has 0 bridgehead atoms. The number of ether oxygens (including phenoxy) is 1. The van der Waals surface area contributed by atoms with Crippen molar-refractivity contribution in [2.24, 2.45) is 0 Å². The van der Waals surface area contributed by atoms with Crippen LogP contribution in [0.2, 0.25) is 0 Å². The summed E-state index contributed by atoms with van der Waals surface area (Å²) in [6, 6.07) is 22.6. The molecule has 176 valence electrons. The fourth-order valence-corrected chi connectivity index (χ4v) is 4.74. The van der Waals surface area contributed by atoms with Gasteiger partial charge in [-0.2, -0.15) is 4.98 Å². The van der Waals surface area contributed by atoms with E-state index in [0.717, 1.165) is 5.75 Å². The number of hydrogen-bond donors (Lipinski definition) is 2. The Balaban J connectivity index is 1.48. The molecule has 0 fully saturated rings. The molecule has 3 heterocycles. The smallest absolute Gasteiger partial charge is 0.256 e. The van der Waals surface area contributed by atoms with E-state index in [4.69, 9.17) is 9.84 Å². The summed E-state index contributed by atoms with van der Waals surface area (Å²) in [5.74, 6) is 1.63. The number of aromatic nitrogens is 4. The van der Waals surface area contributed by atoms with Gasteiger partial charge in [0, 0.05) is 17.6 Å². The number of methoxy groups -OCH3 is 1. The molecule has 0 unspecified atom stereocenters. The number of thioether (sulfide) groups is 1. The topological polar surface area (TPSA) is 94.0 Å². The maximum atomic E-state index is 13.6. The van der Waals surface area contributed by atoms with Crippen molar-refractivity contribution in [2.75, 3.05) is 17.7 Å². The fraction of sp³-hybridized carbons (Fsp3) is 0.154.